The third kappa shape index (κ3) is 3.42. The topological polar surface area (TPSA) is 12.0 Å². The first kappa shape index (κ1) is 14.9. The standard InChI is InChI=1S/C18H19Cl2N/c1-12-2-4-13(5-3-12)18-11-21-7-6-17(18)14-8-15(19)10-16(20)9-14/h2-5,8-10,17-18,21H,6-7,11H2,1H3. The predicted molar refractivity (Wildman–Crippen MR) is 90.6 cm³/mol. The number of benzene rings is 2. The second-order valence-electron chi connectivity index (χ2n) is 5.82. The number of rotatable bonds is 2. The van der Waals surface area contributed by atoms with Crippen molar-refractivity contribution in [1.82, 2.24) is 5.32 Å². The molecular formula is C18H19Cl2N. The maximum absolute atomic E-state index is 6.18. The molecule has 21 heavy (non-hydrogen) atoms. The van der Waals surface area contributed by atoms with Crippen molar-refractivity contribution in [3.05, 3.63) is 69.2 Å². The van der Waals surface area contributed by atoms with Crippen LogP contribution in [0.4, 0.5) is 0 Å². The van der Waals surface area contributed by atoms with Gasteiger partial charge in [-0.1, -0.05) is 53.0 Å². The van der Waals surface area contributed by atoms with Gasteiger partial charge in [0.05, 0.1) is 0 Å². The summed E-state index contributed by atoms with van der Waals surface area (Å²) in [4.78, 5) is 0. The summed E-state index contributed by atoms with van der Waals surface area (Å²) in [6.45, 7) is 4.16. The maximum Gasteiger partial charge on any atom is 0.0423 e. The van der Waals surface area contributed by atoms with Crippen LogP contribution in [0.5, 0.6) is 0 Å². The van der Waals surface area contributed by atoms with Gasteiger partial charge in [0.2, 0.25) is 0 Å². The van der Waals surface area contributed by atoms with Crippen molar-refractivity contribution >= 4 is 23.2 Å². The Kier molecular flexibility index (Phi) is 4.54. The Hall–Kier alpha value is -1.02. The van der Waals surface area contributed by atoms with E-state index in [0.717, 1.165) is 29.6 Å². The van der Waals surface area contributed by atoms with Gasteiger partial charge in [0.25, 0.3) is 0 Å². The van der Waals surface area contributed by atoms with E-state index < -0.39 is 0 Å². The molecule has 0 aliphatic carbocycles. The number of halogens is 2. The minimum absolute atomic E-state index is 0.463. The van der Waals surface area contributed by atoms with Gasteiger partial charge < -0.3 is 5.32 Å². The van der Waals surface area contributed by atoms with E-state index in [1.807, 2.05) is 0 Å². The van der Waals surface area contributed by atoms with Gasteiger partial charge in [0.15, 0.2) is 0 Å². The summed E-state index contributed by atoms with van der Waals surface area (Å²) in [5.41, 5.74) is 3.93. The van der Waals surface area contributed by atoms with Gasteiger partial charge in [-0.15, -0.1) is 0 Å². The van der Waals surface area contributed by atoms with Crippen molar-refractivity contribution < 1.29 is 0 Å². The fraction of sp³-hybridized carbons (Fsp3) is 0.333. The first-order valence-corrected chi connectivity index (χ1v) is 8.12. The van der Waals surface area contributed by atoms with E-state index >= 15 is 0 Å². The fourth-order valence-corrected chi connectivity index (χ4v) is 3.75. The van der Waals surface area contributed by atoms with Crippen LogP contribution in [0.2, 0.25) is 10.0 Å². The smallest absolute Gasteiger partial charge is 0.0423 e. The minimum Gasteiger partial charge on any atom is -0.316 e. The van der Waals surface area contributed by atoms with E-state index in [1.54, 1.807) is 6.07 Å². The number of aryl methyl sites for hydroxylation is 1. The molecule has 0 radical (unpaired) electrons. The molecule has 2 aromatic rings. The highest BCUT2D eigenvalue weighted by atomic mass is 35.5. The Morgan fingerprint density at radius 3 is 2.24 bits per heavy atom. The molecule has 0 saturated carbocycles. The van der Waals surface area contributed by atoms with Crippen molar-refractivity contribution in [1.29, 1.82) is 0 Å². The van der Waals surface area contributed by atoms with E-state index in [4.69, 9.17) is 23.2 Å². The molecule has 2 atom stereocenters. The van der Waals surface area contributed by atoms with Gasteiger partial charge in [-0.25, -0.2) is 0 Å². The summed E-state index contributed by atoms with van der Waals surface area (Å²) >= 11 is 12.4. The molecule has 0 spiro atoms. The summed E-state index contributed by atoms with van der Waals surface area (Å²) in [6.07, 6.45) is 1.11. The van der Waals surface area contributed by atoms with E-state index in [-0.39, 0.29) is 0 Å². The molecule has 2 unspecified atom stereocenters. The summed E-state index contributed by atoms with van der Waals surface area (Å²) < 4.78 is 0. The predicted octanol–water partition coefficient (Wildman–Crippen LogP) is 5.16. The fourth-order valence-electron chi connectivity index (χ4n) is 3.21. The third-order valence-corrected chi connectivity index (χ3v) is 4.74. The molecule has 110 valence electrons. The van der Waals surface area contributed by atoms with E-state index in [2.05, 4.69) is 48.6 Å². The lowest BCUT2D eigenvalue weighted by atomic mass is 9.77. The molecular weight excluding hydrogens is 301 g/mol. The number of hydrogen-bond acceptors (Lipinski definition) is 1. The highest BCUT2D eigenvalue weighted by molar-refractivity contribution is 6.34. The molecule has 1 nitrogen and oxygen atoms in total. The van der Waals surface area contributed by atoms with Gasteiger partial charge in [-0.3, -0.25) is 0 Å². The second-order valence-corrected chi connectivity index (χ2v) is 6.69. The Morgan fingerprint density at radius 1 is 0.905 bits per heavy atom. The number of nitrogens with one attached hydrogen (secondary N) is 1. The lowest BCUT2D eigenvalue weighted by molar-refractivity contribution is 0.404. The molecule has 0 bridgehead atoms. The highest BCUT2D eigenvalue weighted by Crippen LogP contribution is 2.39. The van der Waals surface area contributed by atoms with E-state index in [0.29, 0.717) is 11.8 Å². The second kappa shape index (κ2) is 6.39. The van der Waals surface area contributed by atoms with Crippen LogP contribution < -0.4 is 5.32 Å². The molecule has 1 saturated heterocycles. The lowest BCUT2D eigenvalue weighted by Crippen LogP contribution is -2.34. The Balaban J connectivity index is 1.95. The molecule has 0 aromatic heterocycles. The Labute approximate surface area is 136 Å². The van der Waals surface area contributed by atoms with Crippen molar-refractivity contribution in [2.75, 3.05) is 13.1 Å². The quantitative estimate of drug-likeness (QED) is 0.805. The van der Waals surface area contributed by atoms with E-state index in [1.165, 1.54) is 16.7 Å². The van der Waals surface area contributed by atoms with Crippen LogP contribution in [-0.4, -0.2) is 13.1 Å². The summed E-state index contributed by atoms with van der Waals surface area (Å²) in [5.74, 6) is 0.930. The van der Waals surface area contributed by atoms with Crippen LogP contribution in [0.3, 0.4) is 0 Å². The van der Waals surface area contributed by atoms with Crippen molar-refractivity contribution in [2.45, 2.75) is 25.2 Å². The average molecular weight is 320 g/mol. The SMILES string of the molecule is Cc1ccc(C2CNCCC2c2cc(Cl)cc(Cl)c2)cc1. The van der Waals surface area contributed by atoms with Gasteiger partial charge >= 0.3 is 0 Å². The van der Waals surface area contributed by atoms with Gasteiger partial charge in [-0.05, 0) is 55.1 Å². The zero-order chi connectivity index (χ0) is 14.8. The van der Waals surface area contributed by atoms with Crippen LogP contribution >= 0.6 is 23.2 Å². The van der Waals surface area contributed by atoms with Crippen LogP contribution in [0, 0.1) is 6.92 Å². The highest BCUT2D eigenvalue weighted by Gasteiger charge is 2.28. The van der Waals surface area contributed by atoms with E-state index in [9.17, 15) is 0 Å². The number of piperidine rings is 1. The molecule has 3 rings (SSSR count). The zero-order valence-corrected chi connectivity index (χ0v) is 13.6. The summed E-state index contributed by atoms with van der Waals surface area (Å²) in [6, 6.07) is 14.8. The normalized spacial score (nSPS) is 22.2. The molecule has 1 N–H and O–H groups in total. The Morgan fingerprint density at radius 2 is 1.57 bits per heavy atom. The van der Waals surface area contributed by atoms with Crippen molar-refractivity contribution in [3.8, 4) is 0 Å². The largest absolute Gasteiger partial charge is 0.316 e. The molecule has 1 fully saturated rings. The zero-order valence-electron chi connectivity index (χ0n) is 12.1. The molecule has 1 heterocycles. The summed E-state index contributed by atoms with van der Waals surface area (Å²) in [7, 11) is 0. The average Bonchev–Trinajstić information content (AvgIpc) is 2.47. The van der Waals surface area contributed by atoms with Crippen LogP contribution in [0.15, 0.2) is 42.5 Å². The first-order valence-electron chi connectivity index (χ1n) is 7.37. The third-order valence-electron chi connectivity index (χ3n) is 4.30. The van der Waals surface area contributed by atoms with Crippen LogP contribution in [0.25, 0.3) is 0 Å². The number of hydrogen-bond donors (Lipinski definition) is 1. The Bertz CT molecular complexity index is 601. The van der Waals surface area contributed by atoms with Crippen LogP contribution in [0.1, 0.15) is 34.9 Å². The van der Waals surface area contributed by atoms with Gasteiger partial charge in [-0.2, -0.15) is 0 Å². The molecule has 1 aliphatic heterocycles. The lowest BCUT2D eigenvalue weighted by Gasteiger charge is -2.33. The van der Waals surface area contributed by atoms with Crippen LogP contribution in [-0.2, 0) is 0 Å². The van der Waals surface area contributed by atoms with Crippen molar-refractivity contribution in [3.63, 3.8) is 0 Å². The first-order chi connectivity index (χ1) is 10.1. The van der Waals surface area contributed by atoms with Gasteiger partial charge in [0, 0.05) is 22.5 Å². The van der Waals surface area contributed by atoms with Gasteiger partial charge in [0.1, 0.15) is 0 Å². The molecule has 2 aromatic carbocycles. The molecule has 0 amide bonds. The minimum atomic E-state index is 0.463. The molecule has 3 heteroatoms. The summed E-state index contributed by atoms with van der Waals surface area (Å²) in [5, 5.41) is 4.95. The maximum atomic E-state index is 6.18. The van der Waals surface area contributed by atoms with Crippen molar-refractivity contribution in [2.24, 2.45) is 0 Å². The monoisotopic (exact) mass is 319 g/mol. The molecule has 1 aliphatic rings.